The van der Waals surface area contributed by atoms with Gasteiger partial charge < -0.3 is 4.90 Å². The Labute approximate surface area is 129 Å². The molecule has 0 radical (unpaired) electrons. The second-order valence-corrected chi connectivity index (χ2v) is 5.18. The van der Waals surface area contributed by atoms with Gasteiger partial charge in [0.1, 0.15) is 5.78 Å². The van der Waals surface area contributed by atoms with Gasteiger partial charge in [0.05, 0.1) is 0 Å². The monoisotopic (exact) mass is 291 g/mol. The van der Waals surface area contributed by atoms with Gasteiger partial charge in [0.15, 0.2) is 0 Å². The van der Waals surface area contributed by atoms with Crippen molar-refractivity contribution >= 4 is 12.2 Å². The van der Waals surface area contributed by atoms with Gasteiger partial charge in [0, 0.05) is 19.0 Å². The van der Waals surface area contributed by atoms with E-state index >= 15 is 0 Å². The normalized spacial score (nSPS) is 14.2. The molecule has 1 heterocycles. The Morgan fingerprint density at radius 3 is 1.90 bits per heavy atom. The molecule has 3 nitrogen and oxygen atoms in total. The molecule has 0 aliphatic carbocycles. The Kier molecular flexibility index (Phi) is 10.2. The summed E-state index contributed by atoms with van der Waals surface area (Å²) in [6.07, 6.45) is 2.54. The predicted octanol–water partition coefficient (Wildman–Crippen LogP) is 3.77. The fourth-order valence-electron chi connectivity index (χ4n) is 2.22. The zero-order chi connectivity index (χ0) is 16.3. The van der Waals surface area contributed by atoms with Crippen LogP contribution in [0.25, 0.3) is 0 Å². The van der Waals surface area contributed by atoms with Crippen LogP contribution in [0.5, 0.6) is 0 Å². The van der Waals surface area contributed by atoms with Gasteiger partial charge >= 0.3 is 0 Å². The van der Waals surface area contributed by atoms with Crippen LogP contribution in [-0.4, -0.2) is 30.2 Å². The van der Waals surface area contributed by atoms with E-state index < -0.39 is 0 Å². The largest absolute Gasteiger partial charge is 0.345 e. The van der Waals surface area contributed by atoms with Gasteiger partial charge in [-0.05, 0) is 33.6 Å². The average Bonchev–Trinajstić information content (AvgIpc) is 2.50. The molecule has 1 fully saturated rings. The van der Waals surface area contributed by atoms with Crippen LogP contribution in [0.4, 0.5) is 0 Å². The highest BCUT2D eigenvalue weighted by Crippen LogP contribution is 2.16. The number of aryl methyl sites for hydroxylation is 2. The van der Waals surface area contributed by atoms with Crippen molar-refractivity contribution in [3.05, 3.63) is 35.4 Å². The maximum absolute atomic E-state index is 10.9. The van der Waals surface area contributed by atoms with E-state index in [1.165, 1.54) is 11.1 Å². The first-order valence-corrected chi connectivity index (χ1v) is 7.76. The number of hydrogen-bond donors (Lipinski definition) is 0. The highest BCUT2D eigenvalue weighted by molar-refractivity contribution is 5.78. The summed E-state index contributed by atoms with van der Waals surface area (Å²) in [6, 6.07) is 8.45. The zero-order valence-corrected chi connectivity index (χ0v) is 14.1. The first kappa shape index (κ1) is 19.4. The van der Waals surface area contributed by atoms with Gasteiger partial charge in [0.25, 0.3) is 0 Å². The van der Waals surface area contributed by atoms with Crippen molar-refractivity contribution in [2.45, 2.75) is 47.5 Å². The molecule has 1 saturated heterocycles. The molecular weight excluding hydrogens is 262 g/mol. The molecule has 0 N–H and O–H groups in total. The number of rotatable bonds is 2. The first-order chi connectivity index (χ1) is 10.0. The molecule has 0 spiro atoms. The molecule has 0 aromatic heterocycles. The minimum absolute atomic E-state index is 0.200. The minimum Gasteiger partial charge on any atom is -0.345 e. The van der Waals surface area contributed by atoms with Crippen molar-refractivity contribution in [3.63, 3.8) is 0 Å². The van der Waals surface area contributed by atoms with Crippen molar-refractivity contribution in [1.29, 1.82) is 0 Å². The molecule has 0 saturated carbocycles. The highest BCUT2D eigenvalue weighted by Gasteiger charge is 2.20. The van der Waals surface area contributed by atoms with Crippen LogP contribution in [-0.2, 0) is 9.59 Å². The van der Waals surface area contributed by atoms with E-state index in [9.17, 15) is 9.59 Å². The Balaban J connectivity index is 0.000000354. The van der Waals surface area contributed by atoms with Crippen molar-refractivity contribution < 1.29 is 9.59 Å². The van der Waals surface area contributed by atoms with Gasteiger partial charge in [-0.25, -0.2) is 0 Å². The van der Waals surface area contributed by atoms with Crippen LogP contribution in [0.15, 0.2) is 24.3 Å². The second-order valence-electron chi connectivity index (χ2n) is 5.18. The van der Waals surface area contributed by atoms with E-state index in [1.807, 2.05) is 13.8 Å². The third-order valence-electron chi connectivity index (χ3n) is 3.43. The lowest BCUT2D eigenvalue weighted by Crippen LogP contribution is -2.34. The number of ketones is 1. The smallest absolute Gasteiger partial charge is 0.209 e. The number of hydrogen-bond acceptors (Lipinski definition) is 2. The SMILES string of the molecule is CC.CC(=O)C1CCN(C=O)CC1.Cc1cccc(C)c1. The Bertz CT molecular complexity index is 404. The average molecular weight is 291 g/mol. The summed E-state index contributed by atoms with van der Waals surface area (Å²) >= 11 is 0. The van der Waals surface area contributed by atoms with Gasteiger partial charge in [-0.2, -0.15) is 0 Å². The first-order valence-electron chi connectivity index (χ1n) is 7.76. The van der Waals surface area contributed by atoms with E-state index in [-0.39, 0.29) is 11.7 Å². The quantitative estimate of drug-likeness (QED) is 0.778. The van der Waals surface area contributed by atoms with E-state index in [0.29, 0.717) is 0 Å². The van der Waals surface area contributed by atoms with Gasteiger partial charge in [-0.1, -0.05) is 49.2 Å². The lowest BCUT2D eigenvalue weighted by molar-refractivity contribution is -0.125. The number of benzene rings is 1. The second kappa shape index (κ2) is 11.1. The Morgan fingerprint density at radius 2 is 1.62 bits per heavy atom. The van der Waals surface area contributed by atoms with Crippen molar-refractivity contribution in [3.8, 4) is 0 Å². The summed E-state index contributed by atoms with van der Waals surface area (Å²) in [5.74, 6) is 0.460. The van der Waals surface area contributed by atoms with Gasteiger partial charge in [-0.3, -0.25) is 9.59 Å². The number of Topliss-reactive ketones (excluding diaryl/α,β-unsaturated/α-hetero) is 1. The molecular formula is C18H29NO2. The molecule has 1 aromatic carbocycles. The lowest BCUT2D eigenvalue weighted by atomic mass is 9.94. The number of piperidine rings is 1. The molecule has 1 amide bonds. The molecule has 2 rings (SSSR count). The number of likely N-dealkylation sites (tertiary alicyclic amines) is 1. The molecule has 1 aliphatic heterocycles. The Morgan fingerprint density at radius 1 is 1.14 bits per heavy atom. The van der Waals surface area contributed by atoms with Gasteiger partial charge in [0.2, 0.25) is 6.41 Å². The topological polar surface area (TPSA) is 37.4 Å². The number of carbonyl (C=O) groups excluding carboxylic acids is 2. The highest BCUT2D eigenvalue weighted by atomic mass is 16.1. The Hall–Kier alpha value is -1.64. The van der Waals surface area contributed by atoms with E-state index in [1.54, 1.807) is 11.8 Å². The van der Waals surface area contributed by atoms with E-state index in [2.05, 4.69) is 38.1 Å². The van der Waals surface area contributed by atoms with Crippen molar-refractivity contribution in [1.82, 2.24) is 4.90 Å². The molecule has 3 heteroatoms. The summed E-state index contributed by atoms with van der Waals surface area (Å²) < 4.78 is 0. The van der Waals surface area contributed by atoms with Gasteiger partial charge in [-0.15, -0.1) is 0 Å². The molecule has 0 atom stereocenters. The molecule has 118 valence electrons. The van der Waals surface area contributed by atoms with E-state index in [0.717, 1.165) is 32.3 Å². The lowest BCUT2D eigenvalue weighted by Gasteiger charge is -2.27. The predicted molar refractivity (Wildman–Crippen MR) is 88.3 cm³/mol. The van der Waals surface area contributed by atoms with Crippen LogP contribution >= 0.6 is 0 Å². The van der Waals surface area contributed by atoms with E-state index in [4.69, 9.17) is 0 Å². The molecule has 0 bridgehead atoms. The van der Waals surface area contributed by atoms with Crippen LogP contribution < -0.4 is 0 Å². The molecule has 21 heavy (non-hydrogen) atoms. The fourth-order valence-corrected chi connectivity index (χ4v) is 2.22. The van der Waals surface area contributed by atoms with Crippen molar-refractivity contribution in [2.75, 3.05) is 13.1 Å². The number of carbonyl (C=O) groups is 2. The van der Waals surface area contributed by atoms with Crippen LogP contribution in [0.2, 0.25) is 0 Å². The summed E-state index contributed by atoms with van der Waals surface area (Å²) in [7, 11) is 0. The fraction of sp³-hybridized carbons (Fsp3) is 0.556. The standard InChI is InChI=1S/C8H13NO2.C8H10.C2H6/c1-7(11)8-2-4-9(6-10)5-3-8;1-7-4-3-5-8(2)6-7;1-2/h6,8H,2-5H2,1H3;3-6H,1-2H3;1-2H3. The summed E-state index contributed by atoms with van der Waals surface area (Å²) in [5, 5.41) is 0. The van der Waals surface area contributed by atoms with Crippen molar-refractivity contribution in [2.24, 2.45) is 5.92 Å². The third-order valence-corrected chi connectivity index (χ3v) is 3.43. The maximum Gasteiger partial charge on any atom is 0.209 e. The summed E-state index contributed by atoms with van der Waals surface area (Å²) in [5.41, 5.74) is 2.68. The minimum atomic E-state index is 0.200. The van der Waals surface area contributed by atoms with Crippen LogP contribution in [0, 0.1) is 19.8 Å². The van der Waals surface area contributed by atoms with Crippen LogP contribution in [0.3, 0.4) is 0 Å². The summed E-state index contributed by atoms with van der Waals surface area (Å²) in [6.45, 7) is 11.3. The van der Waals surface area contributed by atoms with Crippen LogP contribution in [0.1, 0.15) is 44.7 Å². The number of nitrogens with zero attached hydrogens (tertiary/aromatic N) is 1. The summed E-state index contributed by atoms with van der Waals surface area (Å²) in [4.78, 5) is 22.9. The maximum atomic E-state index is 10.9. The molecule has 0 unspecified atom stereocenters. The molecule has 1 aliphatic rings. The zero-order valence-electron chi connectivity index (χ0n) is 14.1. The molecule has 1 aromatic rings. The third kappa shape index (κ3) is 8.28. The number of amides is 1.